The predicted molar refractivity (Wildman–Crippen MR) is 195 cm³/mol. The van der Waals surface area contributed by atoms with Crippen LogP contribution < -0.4 is 38.6 Å². The maximum Gasteiger partial charge on any atom is 0.239 e. The van der Waals surface area contributed by atoms with Gasteiger partial charge in [0.05, 0.1) is 60.5 Å². The zero-order valence-electron chi connectivity index (χ0n) is 28.7. The van der Waals surface area contributed by atoms with Crippen molar-refractivity contribution in [2.75, 3.05) is 55.0 Å². The number of ether oxygens (including phenoxy) is 7. The number of thioether (sulfide) groups is 1. The largest absolute Gasteiger partial charge is 0.497 e. The number of hydrogen-bond acceptors (Lipinski definition) is 11. The van der Waals surface area contributed by atoms with Crippen LogP contribution in [0.25, 0.3) is 44.5 Å². The van der Waals surface area contributed by atoms with Crippen LogP contribution in [-0.4, -0.2) is 60.0 Å². The first-order valence-corrected chi connectivity index (χ1v) is 16.7. The van der Waals surface area contributed by atoms with E-state index in [4.69, 9.17) is 42.6 Å². The minimum Gasteiger partial charge on any atom is -0.497 e. The smallest absolute Gasteiger partial charge is 0.239 e. The number of fused-ring (bicyclic) bond motifs is 2. The molecular weight excluding hydrogens is 658 g/mol. The fourth-order valence-electron chi connectivity index (χ4n) is 5.66. The van der Waals surface area contributed by atoms with Gasteiger partial charge in [-0.2, -0.15) is 0 Å². The average molecular weight is 696 g/mol. The lowest BCUT2D eigenvalue weighted by Gasteiger charge is -2.17. The molecule has 50 heavy (non-hydrogen) atoms. The molecule has 258 valence electrons. The third-order valence-corrected chi connectivity index (χ3v) is 9.25. The molecule has 10 nitrogen and oxygen atoms in total. The van der Waals surface area contributed by atoms with Gasteiger partial charge >= 0.3 is 0 Å². The summed E-state index contributed by atoms with van der Waals surface area (Å²) in [5.41, 5.74) is 3.12. The highest BCUT2D eigenvalue weighted by atomic mass is 32.2. The van der Waals surface area contributed by atoms with E-state index in [-0.39, 0.29) is 34.5 Å². The molecule has 0 aliphatic carbocycles. The fraction of sp³-hybridized carbons (Fsp3) is 0.231. The highest BCUT2D eigenvalue weighted by molar-refractivity contribution is 7.99. The van der Waals surface area contributed by atoms with Crippen LogP contribution in [0, 0.1) is 0 Å². The van der Waals surface area contributed by atoms with E-state index in [1.807, 2.05) is 42.5 Å². The van der Waals surface area contributed by atoms with E-state index in [0.29, 0.717) is 46.5 Å². The van der Waals surface area contributed by atoms with Gasteiger partial charge in [0.1, 0.15) is 28.2 Å². The van der Waals surface area contributed by atoms with E-state index in [2.05, 4.69) is 12.1 Å². The number of nitrogens with zero attached hydrogens (tertiary/aromatic N) is 1. The van der Waals surface area contributed by atoms with Crippen molar-refractivity contribution < 1.29 is 37.6 Å². The molecule has 6 aromatic rings. The molecule has 0 atom stereocenters. The maximum atomic E-state index is 14.2. The van der Waals surface area contributed by atoms with E-state index >= 15 is 0 Å². The Morgan fingerprint density at radius 1 is 0.680 bits per heavy atom. The Bertz CT molecular complexity index is 2190. The van der Waals surface area contributed by atoms with Crippen molar-refractivity contribution in [2.24, 2.45) is 0 Å². The quantitative estimate of drug-likeness (QED) is 0.0811. The summed E-state index contributed by atoms with van der Waals surface area (Å²) in [6, 6.07) is 24.7. The molecule has 0 N–H and O–H groups in total. The minimum absolute atomic E-state index is 0.0370. The van der Waals surface area contributed by atoms with Gasteiger partial charge in [-0.25, -0.2) is 4.98 Å². The van der Waals surface area contributed by atoms with Crippen molar-refractivity contribution >= 4 is 33.6 Å². The van der Waals surface area contributed by atoms with Gasteiger partial charge in [-0.3, -0.25) is 4.79 Å². The van der Waals surface area contributed by atoms with Crippen LogP contribution in [0.5, 0.6) is 40.2 Å². The molecule has 4 aromatic carbocycles. The molecule has 0 aliphatic heterocycles. The summed E-state index contributed by atoms with van der Waals surface area (Å²) < 4.78 is 45.8. The number of aromatic nitrogens is 1. The van der Waals surface area contributed by atoms with E-state index in [0.717, 1.165) is 32.8 Å². The SMILES string of the molecule is COc1cccc(-c2cc(SCCCOc3c(-c4cc(OC)c(OC)c(OC)c4)oc4cc(OC)cc(OC)c4c3=O)c3ccccc3n2)c1. The monoisotopic (exact) mass is 695 g/mol. The minimum atomic E-state index is -0.384. The molecule has 6 rings (SSSR count). The summed E-state index contributed by atoms with van der Waals surface area (Å²) in [7, 11) is 9.24. The maximum absolute atomic E-state index is 14.2. The number of benzene rings is 4. The van der Waals surface area contributed by atoms with Crippen LogP contribution in [0.2, 0.25) is 0 Å². The van der Waals surface area contributed by atoms with Gasteiger partial charge in [0.2, 0.25) is 16.9 Å². The van der Waals surface area contributed by atoms with Crippen LogP contribution >= 0.6 is 11.8 Å². The van der Waals surface area contributed by atoms with Gasteiger partial charge in [0, 0.05) is 39.3 Å². The lowest BCUT2D eigenvalue weighted by molar-refractivity contribution is 0.309. The molecule has 0 saturated carbocycles. The van der Waals surface area contributed by atoms with Crippen molar-refractivity contribution in [3.8, 4) is 62.8 Å². The van der Waals surface area contributed by atoms with Gasteiger partial charge in [-0.05, 0) is 42.8 Å². The van der Waals surface area contributed by atoms with Crippen molar-refractivity contribution in [1.82, 2.24) is 4.98 Å². The number of hydrogen-bond donors (Lipinski definition) is 0. The van der Waals surface area contributed by atoms with E-state index < -0.39 is 0 Å². The molecule has 2 aromatic heterocycles. The standard InChI is InChI=1S/C39H37NO9S/c1-42-25-12-9-11-23(17-25)29-22-34(27-13-7-8-14-28(27)40-29)50-16-10-15-48-39-36(41)35-30(44-3)20-26(43-2)21-31(35)49-37(39)24-18-32(45-4)38(47-6)33(19-24)46-5/h7-9,11-14,17-22H,10,15-16H2,1-6H3. The highest BCUT2D eigenvalue weighted by Crippen LogP contribution is 2.44. The predicted octanol–water partition coefficient (Wildman–Crippen LogP) is 8.29. The topological polar surface area (TPSA) is 108 Å². The zero-order chi connectivity index (χ0) is 35.2. The lowest BCUT2D eigenvalue weighted by Crippen LogP contribution is -2.12. The third kappa shape index (κ3) is 6.81. The van der Waals surface area contributed by atoms with Gasteiger partial charge in [0.15, 0.2) is 17.3 Å². The van der Waals surface area contributed by atoms with Gasteiger partial charge in [-0.1, -0.05) is 30.3 Å². The fourth-order valence-corrected chi connectivity index (χ4v) is 6.67. The number of para-hydroxylation sites is 1. The van der Waals surface area contributed by atoms with Crippen molar-refractivity contribution in [3.05, 3.63) is 89.1 Å². The third-order valence-electron chi connectivity index (χ3n) is 8.11. The second kappa shape index (κ2) is 15.3. The summed E-state index contributed by atoms with van der Waals surface area (Å²) in [6.45, 7) is 0.241. The molecule has 11 heteroatoms. The molecule has 2 heterocycles. The van der Waals surface area contributed by atoms with E-state index in [9.17, 15) is 4.79 Å². The number of methoxy groups -OCH3 is 6. The summed E-state index contributed by atoms with van der Waals surface area (Å²) >= 11 is 1.70. The van der Waals surface area contributed by atoms with Gasteiger partial charge in [0.25, 0.3) is 0 Å². The van der Waals surface area contributed by atoms with Crippen LogP contribution in [0.1, 0.15) is 6.42 Å². The molecule has 0 radical (unpaired) electrons. The summed E-state index contributed by atoms with van der Waals surface area (Å²) in [4.78, 5) is 20.2. The Balaban J connectivity index is 1.32. The average Bonchev–Trinajstić information content (AvgIpc) is 3.16. The first kappa shape index (κ1) is 34.3. The molecule has 0 amide bonds. The molecule has 0 aliphatic rings. The van der Waals surface area contributed by atoms with Crippen LogP contribution in [-0.2, 0) is 0 Å². The van der Waals surface area contributed by atoms with Gasteiger partial charge in [-0.15, -0.1) is 11.8 Å². The summed E-state index contributed by atoms with van der Waals surface area (Å²) in [5.74, 6) is 3.69. The van der Waals surface area contributed by atoms with E-state index in [1.165, 1.54) is 35.5 Å². The Hall–Kier alpha value is -5.55. The van der Waals surface area contributed by atoms with Crippen LogP contribution in [0.3, 0.4) is 0 Å². The molecule has 0 saturated heterocycles. The molecule has 0 unspecified atom stereocenters. The van der Waals surface area contributed by atoms with Crippen molar-refractivity contribution in [1.29, 1.82) is 0 Å². The number of pyridine rings is 1. The Labute approximate surface area is 293 Å². The van der Waals surface area contributed by atoms with Crippen LogP contribution in [0.15, 0.2) is 93.0 Å². The van der Waals surface area contributed by atoms with Crippen molar-refractivity contribution in [2.45, 2.75) is 11.3 Å². The second-order valence-electron chi connectivity index (χ2n) is 11.0. The first-order chi connectivity index (χ1) is 24.4. The molecule has 0 bridgehead atoms. The summed E-state index contributed by atoms with van der Waals surface area (Å²) in [6.07, 6.45) is 0.627. The van der Waals surface area contributed by atoms with Crippen molar-refractivity contribution in [3.63, 3.8) is 0 Å². The zero-order valence-corrected chi connectivity index (χ0v) is 29.5. The summed E-state index contributed by atoms with van der Waals surface area (Å²) in [5, 5.41) is 1.30. The van der Waals surface area contributed by atoms with Gasteiger partial charge < -0.3 is 37.6 Å². The lowest BCUT2D eigenvalue weighted by atomic mass is 10.1. The first-order valence-electron chi connectivity index (χ1n) is 15.8. The molecule has 0 fully saturated rings. The van der Waals surface area contributed by atoms with Crippen LogP contribution in [0.4, 0.5) is 0 Å². The molecule has 0 spiro atoms. The Morgan fingerprint density at radius 2 is 1.42 bits per heavy atom. The Kier molecular flexibility index (Phi) is 10.5. The second-order valence-corrected chi connectivity index (χ2v) is 12.1. The normalized spacial score (nSPS) is 11.0. The highest BCUT2D eigenvalue weighted by Gasteiger charge is 2.24. The molecular formula is C39H37NO9S. The number of rotatable bonds is 14. The van der Waals surface area contributed by atoms with E-state index in [1.54, 1.807) is 43.1 Å². The Morgan fingerprint density at radius 3 is 2.12 bits per heavy atom.